The molecule has 31 heavy (non-hydrogen) atoms. The Labute approximate surface area is 205 Å². The Hall–Kier alpha value is -1.76. The van der Waals surface area contributed by atoms with Gasteiger partial charge in [0.15, 0.2) is 11.7 Å². The number of hydrogen-bond acceptors (Lipinski definition) is 6. The summed E-state index contributed by atoms with van der Waals surface area (Å²) in [5.74, 6) is 3.34. The van der Waals surface area contributed by atoms with Crippen molar-refractivity contribution in [2.75, 3.05) is 51.3 Å². The van der Waals surface area contributed by atoms with Crippen LogP contribution >= 0.6 is 35.7 Å². The Morgan fingerprint density at radius 1 is 1.29 bits per heavy atom. The van der Waals surface area contributed by atoms with E-state index in [1.54, 1.807) is 18.5 Å². The van der Waals surface area contributed by atoms with Crippen molar-refractivity contribution in [3.05, 3.63) is 36.3 Å². The Balaban J connectivity index is 0.00000341. The third kappa shape index (κ3) is 7.41. The Morgan fingerprint density at radius 3 is 2.74 bits per heavy atom. The van der Waals surface area contributed by atoms with Crippen molar-refractivity contribution < 1.29 is 9.21 Å². The van der Waals surface area contributed by atoms with Gasteiger partial charge in [0.2, 0.25) is 0 Å². The molecule has 0 saturated carbocycles. The fourth-order valence-electron chi connectivity index (χ4n) is 3.37. The number of rotatable bonds is 9. The molecule has 3 rings (SSSR count). The van der Waals surface area contributed by atoms with Gasteiger partial charge in [-0.25, -0.2) is 0 Å². The van der Waals surface area contributed by atoms with Crippen LogP contribution in [0.4, 0.5) is 0 Å². The molecule has 0 atom stereocenters. The van der Waals surface area contributed by atoms with Gasteiger partial charge in [-0.15, -0.1) is 34.2 Å². The number of carbonyl (C=O) groups excluding carboxylic acids is 1. The minimum atomic E-state index is -0.0502. The molecule has 2 aromatic rings. The highest BCUT2D eigenvalue weighted by Gasteiger charge is 2.25. The first kappa shape index (κ1) is 25.5. The van der Waals surface area contributed by atoms with Crippen molar-refractivity contribution >= 4 is 47.6 Å². The molecule has 0 aliphatic carbocycles. The summed E-state index contributed by atoms with van der Waals surface area (Å²) in [4.78, 5) is 21.4. The van der Waals surface area contributed by atoms with Crippen LogP contribution in [0, 0.1) is 0 Å². The van der Waals surface area contributed by atoms with E-state index in [0.29, 0.717) is 18.8 Å². The summed E-state index contributed by atoms with van der Waals surface area (Å²) in [6.45, 7) is 7.20. The van der Waals surface area contributed by atoms with E-state index in [2.05, 4.69) is 38.2 Å². The fourth-order valence-corrected chi connectivity index (χ4v) is 3.78. The molecule has 1 aliphatic heterocycles. The first-order chi connectivity index (χ1) is 14.7. The molecule has 1 saturated heterocycles. The average Bonchev–Trinajstić information content (AvgIpc) is 3.47. The van der Waals surface area contributed by atoms with Crippen molar-refractivity contribution in [1.82, 2.24) is 29.9 Å². The summed E-state index contributed by atoms with van der Waals surface area (Å²) in [6, 6.07) is 3.46. The molecule has 3 heterocycles. The maximum Gasteiger partial charge on any atom is 0.289 e. The maximum absolute atomic E-state index is 12.5. The maximum atomic E-state index is 12.5. The Bertz CT molecular complexity index is 804. The van der Waals surface area contributed by atoms with Crippen molar-refractivity contribution in [2.45, 2.75) is 26.3 Å². The molecule has 172 valence electrons. The molecule has 0 spiro atoms. The number of aryl methyl sites for hydroxylation is 1. The Kier molecular flexibility index (Phi) is 11.2. The highest BCUT2D eigenvalue weighted by atomic mass is 127. The van der Waals surface area contributed by atoms with Crippen LogP contribution in [0.25, 0.3) is 0 Å². The van der Waals surface area contributed by atoms with Crippen molar-refractivity contribution in [1.29, 1.82) is 0 Å². The number of nitrogens with zero attached hydrogens (tertiary/aromatic N) is 6. The molecule has 0 bridgehead atoms. The molecule has 0 radical (unpaired) electrons. The summed E-state index contributed by atoms with van der Waals surface area (Å²) in [5.41, 5.74) is 0. The second kappa shape index (κ2) is 13.6. The quantitative estimate of drug-likeness (QED) is 0.217. The standard InChI is InChI=1S/C20H31N7O2S.HI/c1-3-18-24-23-16-27(18)9-8-22-20(21-7-5-15-30-2)26-12-10-25(11-13-26)19(28)17-6-4-14-29-17;/h4,6,14,16H,3,5,7-13,15H2,1-2H3,(H,21,22);1H. The zero-order valence-corrected chi connectivity index (χ0v) is 21.3. The lowest BCUT2D eigenvalue weighted by Gasteiger charge is -2.36. The number of piperazine rings is 1. The van der Waals surface area contributed by atoms with E-state index in [1.165, 1.54) is 6.26 Å². The monoisotopic (exact) mass is 561 g/mol. The van der Waals surface area contributed by atoms with Crippen LogP contribution in [-0.4, -0.2) is 87.7 Å². The molecule has 0 aromatic carbocycles. The highest BCUT2D eigenvalue weighted by Crippen LogP contribution is 2.10. The lowest BCUT2D eigenvalue weighted by Crippen LogP contribution is -2.54. The number of guanidine groups is 1. The molecule has 11 heteroatoms. The smallest absolute Gasteiger partial charge is 0.289 e. The van der Waals surface area contributed by atoms with Gasteiger partial charge in [-0.05, 0) is 30.6 Å². The van der Waals surface area contributed by atoms with Gasteiger partial charge in [0.1, 0.15) is 12.2 Å². The number of nitrogens with one attached hydrogen (secondary N) is 1. The SMILES string of the molecule is CCc1nncn1CCNC(=NCCCSC)N1CCN(C(=O)c2ccco2)CC1.I. The number of aromatic nitrogens is 3. The fraction of sp³-hybridized carbons (Fsp3) is 0.600. The van der Waals surface area contributed by atoms with Gasteiger partial charge in [0.25, 0.3) is 5.91 Å². The van der Waals surface area contributed by atoms with Crippen LogP contribution in [0.15, 0.2) is 34.1 Å². The van der Waals surface area contributed by atoms with Gasteiger partial charge >= 0.3 is 0 Å². The average molecular weight is 561 g/mol. The first-order valence-electron chi connectivity index (χ1n) is 10.4. The van der Waals surface area contributed by atoms with Crippen molar-refractivity contribution in [2.24, 2.45) is 4.99 Å². The van der Waals surface area contributed by atoms with E-state index in [4.69, 9.17) is 9.41 Å². The normalized spacial score (nSPS) is 14.5. The third-order valence-electron chi connectivity index (χ3n) is 5.01. The van der Waals surface area contributed by atoms with E-state index in [-0.39, 0.29) is 29.9 Å². The second-order valence-corrected chi connectivity index (χ2v) is 8.01. The predicted molar refractivity (Wildman–Crippen MR) is 134 cm³/mol. The van der Waals surface area contributed by atoms with Crippen LogP contribution in [-0.2, 0) is 13.0 Å². The molecule has 9 nitrogen and oxygen atoms in total. The number of halogens is 1. The van der Waals surface area contributed by atoms with Crippen molar-refractivity contribution in [3.8, 4) is 0 Å². The molecule has 1 amide bonds. The molecule has 2 aromatic heterocycles. The van der Waals surface area contributed by atoms with Crippen LogP contribution in [0.3, 0.4) is 0 Å². The zero-order chi connectivity index (χ0) is 21.2. The zero-order valence-electron chi connectivity index (χ0n) is 18.2. The number of aliphatic imine (C=N–C) groups is 1. The van der Waals surface area contributed by atoms with Crippen LogP contribution in [0.5, 0.6) is 0 Å². The molecule has 1 aliphatic rings. The lowest BCUT2D eigenvalue weighted by molar-refractivity contribution is 0.0657. The Morgan fingerprint density at radius 2 is 2.06 bits per heavy atom. The molecular formula is C20H32IN7O2S. The number of amides is 1. The number of thioether (sulfide) groups is 1. The van der Waals surface area contributed by atoms with E-state index in [1.807, 2.05) is 16.7 Å². The summed E-state index contributed by atoms with van der Waals surface area (Å²) >= 11 is 1.84. The van der Waals surface area contributed by atoms with Gasteiger partial charge in [-0.2, -0.15) is 11.8 Å². The largest absolute Gasteiger partial charge is 0.459 e. The summed E-state index contributed by atoms with van der Waals surface area (Å²) in [5, 5.41) is 11.6. The summed E-state index contributed by atoms with van der Waals surface area (Å²) in [7, 11) is 0. The van der Waals surface area contributed by atoms with Gasteiger partial charge in [0, 0.05) is 52.2 Å². The second-order valence-electron chi connectivity index (χ2n) is 7.03. The van der Waals surface area contributed by atoms with Crippen LogP contribution in [0.1, 0.15) is 29.7 Å². The van der Waals surface area contributed by atoms with Crippen LogP contribution in [0.2, 0.25) is 0 Å². The summed E-state index contributed by atoms with van der Waals surface area (Å²) < 4.78 is 7.32. The van der Waals surface area contributed by atoms with Gasteiger partial charge in [0.05, 0.1) is 6.26 Å². The van der Waals surface area contributed by atoms with Gasteiger partial charge in [-0.1, -0.05) is 6.92 Å². The number of hydrogen-bond donors (Lipinski definition) is 1. The minimum Gasteiger partial charge on any atom is -0.459 e. The van der Waals surface area contributed by atoms with Gasteiger partial charge < -0.3 is 24.1 Å². The van der Waals surface area contributed by atoms with E-state index in [9.17, 15) is 4.79 Å². The van der Waals surface area contributed by atoms with E-state index in [0.717, 1.165) is 63.1 Å². The van der Waals surface area contributed by atoms with Gasteiger partial charge in [-0.3, -0.25) is 9.79 Å². The summed E-state index contributed by atoms with van der Waals surface area (Å²) in [6.07, 6.45) is 7.33. The van der Waals surface area contributed by atoms with E-state index < -0.39 is 0 Å². The van der Waals surface area contributed by atoms with Crippen molar-refractivity contribution in [3.63, 3.8) is 0 Å². The highest BCUT2D eigenvalue weighted by molar-refractivity contribution is 14.0. The van der Waals surface area contributed by atoms with E-state index >= 15 is 0 Å². The minimum absolute atomic E-state index is 0. The molecule has 1 fully saturated rings. The van der Waals surface area contributed by atoms with Crippen LogP contribution < -0.4 is 5.32 Å². The first-order valence-corrected chi connectivity index (χ1v) is 11.8. The lowest BCUT2D eigenvalue weighted by atomic mass is 10.3. The molecule has 1 N–H and O–H groups in total. The number of carbonyl (C=O) groups is 1. The number of furan rings is 1. The topological polar surface area (TPSA) is 91.8 Å². The molecular weight excluding hydrogens is 529 g/mol. The predicted octanol–water partition coefficient (Wildman–Crippen LogP) is 2.21. The molecule has 0 unspecified atom stereocenters. The third-order valence-corrected chi connectivity index (χ3v) is 5.71.